The molecule has 126 valence electrons. The molecule has 4 N–H and O–H groups in total. The van der Waals surface area contributed by atoms with Crippen LogP contribution in [-0.2, 0) is 6.54 Å². The van der Waals surface area contributed by atoms with Gasteiger partial charge in [-0.1, -0.05) is 12.1 Å². The third-order valence-corrected chi connectivity index (χ3v) is 4.43. The Morgan fingerprint density at radius 1 is 1.33 bits per heavy atom. The second kappa shape index (κ2) is 7.02. The molecule has 0 spiro atoms. The van der Waals surface area contributed by atoms with E-state index in [0.29, 0.717) is 11.3 Å². The van der Waals surface area contributed by atoms with Gasteiger partial charge in [-0.3, -0.25) is 10.1 Å². The Balaban J connectivity index is 1.76. The molecule has 1 amide bonds. The maximum Gasteiger partial charge on any atom is 0.274 e. The highest BCUT2D eigenvalue weighted by molar-refractivity contribution is 7.99. The summed E-state index contributed by atoms with van der Waals surface area (Å²) in [6.07, 6.45) is 0. The van der Waals surface area contributed by atoms with Crippen LogP contribution >= 0.6 is 11.8 Å². The zero-order valence-corrected chi connectivity index (χ0v) is 13.3. The van der Waals surface area contributed by atoms with Crippen LogP contribution in [0.2, 0.25) is 0 Å². The van der Waals surface area contributed by atoms with Gasteiger partial charge in [0, 0.05) is 18.2 Å². The Bertz CT molecular complexity index is 751. The third-order valence-electron chi connectivity index (χ3n) is 3.49. The Morgan fingerprint density at radius 2 is 2.08 bits per heavy atom. The van der Waals surface area contributed by atoms with Crippen LogP contribution < -0.4 is 10.6 Å². The van der Waals surface area contributed by atoms with Crippen LogP contribution in [0.25, 0.3) is 0 Å². The van der Waals surface area contributed by atoms with Gasteiger partial charge in [-0.05, 0) is 17.7 Å². The lowest BCUT2D eigenvalue weighted by Crippen LogP contribution is -2.26. The van der Waals surface area contributed by atoms with Gasteiger partial charge in [0.2, 0.25) is 5.75 Å². The van der Waals surface area contributed by atoms with E-state index in [4.69, 9.17) is 0 Å². The summed E-state index contributed by atoms with van der Waals surface area (Å²) in [5.74, 6) is -0.631. The van der Waals surface area contributed by atoms with Crippen molar-refractivity contribution in [3.63, 3.8) is 0 Å². The topological polar surface area (TPSA) is 107 Å². The molecule has 9 heteroatoms. The molecular formula is C15H15FN4O3S. The number of aromatic hydroxyl groups is 2. The van der Waals surface area contributed by atoms with Gasteiger partial charge in [0.05, 0.1) is 6.04 Å². The quantitative estimate of drug-likeness (QED) is 0.658. The zero-order valence-electron chi connectivity index (χ0n) is 12.5. The van der Waals surface area contributed by atoms with E-state index in [9.17, 15) is 19.4 Å². The van der Waals surface area contributed by atoms with Crippen LogP contribution in [0.5, 0.6) is 11.6 Å². The van der Waals surface area contributed by atoms with Crippen LogP contribution in [0.1, 0.15) is 27.9 Å². The standard InChI is InChI=1S/C15H15FN4O3S/c16-9-3-1-8(2-4-9)5-17-14(22)11-12(21)15(23)20-13(19-11)10-6-24-7-18-10/h1-4,10,18,21H,5-7H2,(H,17,22)(H,19,20,23)/t10-/m0/s1. The molecule has 1 aliphatic heterocycles. The summed E-state index contributed by atoms with van der Waals surface area (Å²) in [7, 11) is 0. The Labute approximate surface area is 141 Å². The molecule has 1 aliphatic rings. The number of amides is 1. The first-order valence-corrected chi connectivity index (χ1v) is 8.33. The highest BCUT2D eigenvalue weighted by Gasteiger charge is 2.25. The molecular weight excluding hydrogens is 335 g/mol. The molecule has 1 aromatic heterocycles. The van der Waals surface area contributed by atoms with Crippen LogP contribution in [0.3, 0.4) is 0 Å². The SMILES string of the molecule is O=C(NCc1ccc(F)cc1)c1nc([C@@H]2CSCN2)nc(O)c1O. The van der Waals surface area contributed by atoms with E-state index in [2.05, 4.69) is 20.6 Å². The predicted molar refractivity (Wildman–Crippen MR) is 86.1 cm³/mol. The summed E-state index contributed by atoms with van der Waals surface area (Å²) in [6.45, 7) is 0.135. The molecule has 0 bridgehead atoms. The number of aromatic nitrogens is 2. The van der Waals surface area contributed by atoms with Gasteiger partial charge >= 0.3 is 0 Å². The summed E-state index contributed by atoms with van der Waals surface area (Å²) in [5, 5.41) is 25.3. The van der Waals surface area contributed by atoms with Crippen molar-refractivity contribution >= 4 is 17.7 Å². The number of nitrogens with zero attached hydrogens (tertiary/aromatic N) is 2. The molecule has 1 atom stereocenters. The van der Waals surface area contributed by atoms with Gasteiger partial charge in [0.25, 0.3) is 11.8 Å². The summed E-state index contributed by atoms with van der Waals surface area (Å²) in [6, 6.07) is 5.47. The van der Waals surface area contributed by atoms with E-state index in [0.717, 1.165) is 5.88 Å². The van der Waals surface area contributed by atoms with E-state index in [1.165, 1.54) is 24.3 Å². The maximum atomic E-state index is 12.9. The molecule has 0 aliphatic carbocycles. The Morgan fingerprint density at radius 3 is 2.75 bits per heavy atom. The van der Waals surface area contributed by atoms with Crippen molar-refractivity contribution < 1.29 is 19.4 Å². The number of nitrogens with one attached hydrogen (secondary N) is 2. The highest BCUT2D eigenvalue weighted by atomic mass is 32.2. The highest BCUT2D eigenvalue weighted by Crippen LogP contribution is 2.29. The van der Waals surface area contributed by atoms with Gasteiger partial charge in [-0.25, -0.2) is 9.37 Å². The molecule has 3 rings (SSSR count). The van der Waals surface area contributed by atoms with E-state index in [-0.39, 0.29) is 29.9 Å². The van der Waals surface area contributed by atoms with Gasteiger partial charge in [-0.2, -0.15) is 4.98 Å². The number of hydrogen-bond acceptors (Lipinski definition) is 7. The number of benzene rings is 1. The van der Waals surface area contributed by atoms with Crippen LogP contribution in [0.15, 0.2) is 24.3 Å². The number of carbonyl (C=O) groups is 1. The van der Waals surface area contributed by atoms with E-state index in [1.54, 1.807) is 11.8 Å². The fourth-order valence-corrected chi connectivity index (χ4v) is 3.14. The number of halogens is 1. The minimum absolute atomic E-state index is 0.135. The zero-order chi connectivity index (χ0) is 17.1. The van der Waals surface area contributed by atoms with E-state index in [1.807, 2.05) is 0 Å². The van der Waals surface area contributed by atoms with Crippen molar-refractivity contribution in [2.24, 2.45) is 0 Å². The lowest BCUT2D eigenvalue weighted by Gasteiger charge is -2.12. The van der Waals surface area contributed by atoms with E-state index < -0.39 is 17.5 Å². The smallest absolute Gasteiger partial charge is 0.274 e. The van der Waals surface area contributed by atoms with Crippen molar-refractivity contribution in [1.29, 1.82) is 0 Å². The summed E-state index contributed by atoms with van der Waals surface area (Å²) < 4.78 is 12.9. The number of rotatable bonds is 4. The minimum atomic E-state index is -0.666. The Kier molecular flexibility index (Phi) is 4.81. The first kappa shape index (κ1) is 16.5. The predicted octanol–water partition coefficient (Wildman–Crippen LogP) is 1.29. The molecule has 7 nitrogen and oxygen atoms in total. The number of carbonyl (C=O) groups excluding carboxylic acids is 1. The number of thioether (sulfide) groups is 1. The van der Waals surface area contributed by atoms with Crippen LogP contribution in [0.4, 0.5) is 4.39 Å². The molecule has 1 saturated heterocycles. The van der Waals surface area contributed by atoms with E-state index >= 15 is 0 Å². The molecule has 2 heterocycles. The van der Waals surface area contributed by atoms with Gasteiger partial charge in [0.15, 0.2) is 11.5 Å². The molecule has 24 heavy (non-hydrogen) atoms. The normalized spacial score (nSPS) is 17.0. The number of hydrogen-bond donors (Lipinski definition) is 4. The third kappa shape index (κ3) is 3.57. The lowest BCUT2D eigenvalue weighted by atomic mass is 10.2. The van der Waals surface area contributed by atoms with Crippen molar-refractivity contribution in [1.82, 2.24) is 20.6 Å². The summed E-state index contributed by atoms with van der Waals surface area (Å²) >= 11 is 1.64. The molecule has 2 aromatic rings. The molecule has 0 radical (unpaired) electrons. The monoisotopic (exact) mass is 350 g/mol. The van der Waals surface area contributed by atoms with Gasteiger partial charge < -0.3 is 15.5 Å². The van der Waals surface area contributed by atoms with Crippen LogP contribution in [-0.4, -0.2) is 37.7 Å². The molecule has 1 aromatic carbocycles. The van der Waals surface area contributed by atoms with Crippen molar-refractivity contribution in [3.05, 3.63) is 47.2 Å². The van der Waals surface area contributed by atoms with Gasteiger partial charge in [-0.15, -0.1) is 11.8 Å². The summed E-state index contributed by atoms with van der Waals surface area (Å²) in [4.78, 5) is 20.1. The van der Waals surface area contributed by atoms with Crippen molar-refractivity contribution in [3.8, 4) is 11.6 Å². The first-order chi connectivity index (χ1) is 11.5. The summed E-state index contributed by atoms with van der Waals surface area (Å²) in [5.41, 5.74) is 0.398. The van der Waals surface area contributed by atoms with Crippen LogP contribution in [0, 0.1) is 5.82 Å². The maximum absolute atomic E-state index is 12.9. The molecule has 0 unspecified atom stereocenters. The molecule has 1 fully saturated rings. The lowest BCUT2D eigenvalue weighted by molar-refractivity contribution is 0.0941. The fraction of sp³-hybridized carbons (Fsp3) is 0.267. The fourth-order valence-electron chi connectivity index (χ4n) is 2.20. The average molecular weight is 350 g/mol. The first-order valence-electron chi connectivity index (χ1n) is 7.18. The van der Waals surface area contributed by atoms with Gasteiger partial charge in [0.1, 0.15) is 5.82 Å². The van der Waals surface area contributed by atoms with Crippen molar-refractivity contribution in [2.45, 2.75) is 12.6 Å². The van der Waals surface area contributed by atoms with Crippen molar-refractivity contribution in [2.75, 3.05) is 11.6 Å². The largest absolute Gasteiger partial charge is 0.501 e. The second-order valence-electron chi connectivity index (χ2n) is 5.18. The average Bonchev–Trinajstić information content (AvgIpc) is 3.11. The molecule has 0 saturated carbocycles. The Hall–Kier alpha value is -2.39. The minimum Gasteiger partial charge on any atom is -0.501 e. The second-order valence-corrected chi connectivity index (χ2v) is 6.21.